The van der Waals surface area contributed by atoms with Crippen LogP contribution in [0.25, 0.3) is 0 Å². The highest BCUT2D eigenvalue weighted by Gasteiger charge is 2.49. The Morgan fingerprint density at radius 3 is 2.50 bits per heavy atom. The fourth-order valence-corrected chi connectivity index (χ4v) is 3.87. The molecule has 0 aromatic heterocycles. The minimum Gasteiger partial charge on any atom is -0.493 e. The molecule has 8 nitrogen and oxygen atoms in total. The van der Waals surface area contributed by atoms with Crippen molar-refractivity contribution in [3.05, 3.63) is 53.1 Å². The van der Waals surface area contributed by atoms with E-state index >= 15 is 0 Å². The van der Waals surface area contributed by atoms with Crippen molar-refractivity contribution in [3.8, 4) is 11.5 Å². The Kier molecular flexibility index (Phi) is 4.18. The van der Waals surface area contributed by atoms with Crippen LogP contribution in [0.2, 0.25) is 0 Å². The second kappa shape index (κ2) is 6.56. The number of methoxy groups -OCH3 is 2. The van der Waals surface area contributed by atoms with Crippen molar-refractivity contribution in [2.75, 3.05) is 25.7 Å². The summed E-state index contributed by atoms with van der Waals surface area (Å²) in [5.41, 5.74) is 1.75. The van der Waals surface area contributed by atoms with Gasteiger partial charge in [0.1, 0.15) is 6.17 Å². The number of carbonyl (C=O) groups excluding carboxylic acids is 2. The number of benzene rings is 2. The number of amides is 2. The van der Waals surface area contributed by atoms with Gasteiger partial charge in [-0.05, 0) is 18.2 Å². The summed E-state index contributed by atoms with van der Waals surface area (Å²) in [5, 5.41) is 9.11. The zero-order valence-electron chi connectivity index (χ0n) is 15.3. The number of hydrogen-bond acceptors (Lipinski definition) is 5. The van der Waals surface area contributed by atoms with Crippen LogP contribution in [-0.4, -0.2) is 48.6 Å². The normalized spacial score (nSPS) is 17.1. The fourth-order valence-electron chi connectivity index (χ4n) is 3.87. The molecule has 1 N–H and O–H groups in total. The first-order chi connectivity index (χ1) is 13.5. The number of aliphatic carboxylic acids is 1. The highest BCUT2D eigenvalue weighted by molar-refractivity contribution is 6.18. The van der Waals surface area contributed by atoms with Gasteiger partial charge in [-0.2, -0.15) is 0 Å². The van der Waals surface area contributed by atoms with Crippen molar-refractivity contribution in [1.82, 2.24) is 4.90 Å². The van der Waals surface area contributed by atoms with Crippen molar-refractivity contribution >= 4 is 23.5 Å². The summed E-state index contributed by atoms with van der Waals surface area (Å²) in [7, 11) is 2.93. The van der Waals surface area contributed by atoms with E-state index in [1.165, 1.54) is 24.0 Å². The Labute approximate surface area is 160 Å². The number of rotatable bonds is 5. The van der Waals surface area contributed by atoms with Gasteiger partial charge >= 0.3 is 5.97 Å². The van der Waals surface area contributed by atoms with Gasteiger partial charge in [-0.3, -0.25) is 19.3 Å². The molecule has 0 spiro atoms. The van der Waals surface area contributed by atoms with Crippen LogP contribution in [-0.2, 0) is 4.79 Å². The monoisotopic (exact) mass is 382 g/mol. The molecular weight excluding hydrogens is 364 g/mol. The molecule has 0 unspecified atom stereocenters. The Bertz CT molecular complexity index is 1000. The van der Waals surface area contributed by atoms with Gasteiger partial charge < -0.3 is 19.5 Å². The van der Waals surface area contributed by atoms with Crippen LogP contribution in [0.4, 0.5) is 5.69 Å². The largest absolute Gasteiger partial charge is 0.493 e. The van der Waals surface area contributed by atoms with Gasteiger partial charge in [0.2, 0.25) is 0 Å². The molecule has 0 fully saturated rings. The summed E-state index contributed by atoms with van der Waals surface area (Å²) < 4.78 is 10.7. The molecule has 4 rings (SSSR count). The predicted molar refractivity (Wildman–Crippen MR) is 98.8 cm³/mol. The molecule has 0 aliphatic carbocycles. The van der Waals surface area contributed by atoms with E-state index in [0.29, 0.717) is 33.9 Å². The highest BCUT2D eigenvalue weighted by atomic mass is 16.5. The maximum atomic E-state index is 13.4. The summed E-state index contributed by atoms with van der Waals surface area (Å²) in [5.74, 6) is -0.951. The Morgan fingerprint density at radius 2 is 1.82 bits per heavy atom. The van der Waals surface area contributed by atoms with Crippen molar-refractivity contribution in [1.29, 1.82) is 0 Å². The Morgan fingerprint density at radius 1 is 1.07 bits per heavy atom. The Hall–Kier alpha value is -3.55. The second-order valence-corrected chi connectivity index (χ2v) is 6.47. The smallest absolute Gasteiger partial charge is 0.305 e. The van der Waals surface area contributed by atoms with Crippen molar-refractivity contribution < 1.29 is 29.0 Å². The average Bonchev–Trinajstić information content (AvgIpc) is 3.00. The zero-order chi connectivity index (χ0) is 20.0. The number of ether oxygens (including phenoxy) is 2. The van der Waals surface area contributed by atoms with Crippen molar-refractivity contribution in [3.63, 3.8) is 0 Å². The van der Waals surface area contributed by atoms with Crippen molar-refractivity contribution in [2.24, 2.45) is 0 Å². The quantitative estimate of drug-likeness (QED) is 0.852. The molecule has 0 saturated carbocycles. The lowest BCUT2D eigenvalue weighted by atomic mass is 10.0. The van der Waals surface area contributed by atoms with E-state index in [9.17, 15) is 14.4 Å². The molecule has 1 atom stereocenters. The van der Waals surface area contributed by atoms with Crippen LogP contribution in [0, 0.1) is 0 Å². The van der Waals surface area contributed by atoms with Crippen LogP contribution < -0.4 is 14.4 Å². The summed E-state index contributed by atoms with van der Waals surface area (Å²) in [6.07, 6.45) is -0.959. The highest BCUT2D eigenvalue weighted by Crippen LogP contribution is 2.49. The number of anilines is 1. The van der Waals surface area contributed by atoms with Gasteiger partial charge in [-0.15, -0.1) is 0 Å². The molecule has 0 saturated heterocycles. The molecule has 0 radical (unpaired) electrons. The Balaban J connectivity index is 1.93. The number of para-hydroxylation sites is 1. The number of carboxylic acid groups (broad SMARTS) is 1. The molecule has 2 amide bonds. The van der Waals surface area contributed by atoms with Crippen LogP contribution in [0.15, 0.2) is 36.4 Å². The standard InChI is InChI=1S/C20H18N2O6/c1-27-14-8-7-12-16(17(14)28-2)20(26)22-13-6-4-3-5-11(13)19(25)21(18(12)22)10-9-15(23)24/h3-8,18H,9-10H2,1-2H3,(H,23,24)/t18-/m0/s1. The minimum atomic E-state index is -1.02. The first-order valence-corrected chi connectivity index (χ1v) is 8.69. The second-order valence-electron chi connectivity index (χ2n) is 6.47. The van der Waals surface area contributed by atoms with Gasteiger partial charge in [0.25, 0.3) is 11.8 Å². The first kappa shape index (κ1) is 17.8. The van der Waals surface area contributed by atoms with E-state index in [0.717, 1.165) is 0 Å². The molecule has 28 heavy (non-hydrogen) atoms. The maximum absolute atomic E-state index is 13.4. The summed E-state index contributed by atoms with van der Waals surface area (Å²) >= 11 is 0. The molecule has 0 bridgehead atoms. The molecule has 8 heteroatoms. The molecule has 144 valence electrons. The third kappa shape index (κ3) is 2.41. The molecule has 2 aliphatic heterocycles. The minimum absolute atomic E-state index is 0.0231. The van der Waals surface area contributed by atoms with Gasteiger partial charge in [0.05, 0.1) is 37.5 Å². The van der Waals surface area contributed by atoms with E-state index in [1.807, 2.05) is 0 Å². The summed E-state index contributed by atoms with van der Waals surface area (Å²) in [4.78, 5) is 40.5. The number of carboxylic acids is 1. The average molecular weight is 382 g/mol. The number of carbonyl (C=O) groups is 3. The maximum Gasteiger partial charge on any atom is 0.305 e. The van der Waals surface area contributed by atoms with Crippen LogP contribution in [0.1, 0.15) is 38.9 Å². The number of nitrogens with zero attached hydrogens (tertiary/aromatic N) is 2. The third-order valence-electron chi connectivity index (χ3n) is 5.05. The lowest BCUT2D eigenvalue weighted by Gasteiger charge is -2.40. The molecule has 2 aromatic carbocycles. The van der Waals surface area contributed by atoms with E-state index in [4.69, 9.17) is 14.6 Å². The molecule has 2 heterocycles. The lowest BCUT2D eigenvalue weighted by molar-refractivity contribution is -0.137. The molecule has 2 aromatic rings. The van der Waals surface area contributed by atoms with Crippen molar-refractivity contribution in [2.45, 2.75) is 12.6 Å². The summed E-state index contributed by atoms with van der Waals surface area (Å²) in [6.45, 7) is -0.0231. The van der Waals surface area contributed by atoms with Gasteiger partial charge in [0, 0.05) is 12.1 Å². The van der Waals surface area contributed by atoms with E-state index in [1.54, 1.807) is 36.4 Å². The molecule has 2 aliphatic rings. The zero-order valence-corrected chi connectivity index (χ0v) is 15.3. The number of hydrogen-bond donors (Lipinski definition) is 1. The summed E-state index contributed by atoms with van der Waals surface area (Å²) in [6, 6.07) is 10.2. The van der Waals surface area contributed by atoms with Crippen LogP contribution in [0.5, 0.6) is 11.5 Å². The van der Waals surface area contributed by atoms with Gasteiger partial charge in [0.15, 0.2) is 11.5 Å². The van der Waals surface area contributed by atoms with Gasteiger partial charge in [-0.1, -0.05) is 18.2 Å². The SMILES string of the molecule is COc1ccc2c(c1OC)C(=O)N1c3ccccc3C(=O)N(CCC(=O)O)[C@H]21. The van der Waals surface area contributed by atoms with E-state index in [-0.39, 0.29) is 24.8 Å². The van der Waals surface area contributed by atoms with Crippen LogP contribution in [0.3, 0.4) is 0 Å². The number of fused-ring (bicyclic) bond motifs is 5. The van der Waals surface area contributed by atoms with Gasteiger partial charge in [-0.25, -0.2) is 0 Å². The molecular formula is C20H18N2O6. The predicted octanol–water partition coefficient (Wildman–Crippen LogP) is 2.29. The fraction of sp³-hybridized carbons (Fsp3) is 0.250. The first-order valence-electron chi connectivity index (χ1n) is 8.69. The topological polar surface area (TPSA) is 96.4 Å². The van der Waals surface area contributed by atoms with E-state index in [2.05, 4.69) is 0 Å². The lowest BCUT2D eigenvalue weighted by Crippen LogP contribution is -2.48. The van der Waals surface area contributed by atoms with E-state index < -0.39 is 12.1 Å². The van der Waals surface area contributed by atoms with Crippen LogP contribution >= 0.6 is 0 Å². The third-order valence-corrected chi connectivity index (χ3v) is 5.05.